The first-order chi connectivity index (χ1) is 14.9. The van der Waals surface area contributed by atoms with E-state index < -0.39 is 11.3 Å². The van der Waals surface area contributed by atoms with Gasteiger partial charge >= 0.3 is 0 Å². The van der Waals surface area contributed by atoms with Gasteiger partial charge in [0.25, 0.3) is 22.8 Å². The number of halogens is 1. The highest BCUT2D eigenvalue weighted by molar-refractivity contribution is 6.31. The maximum atomic E-state index is 13.2. The Morgan fingerprint density at radius 2 is 2.03 bits per heavy atom. The second-order valence-corrected chi connectivity index (χ2v) is 7.05. The number of aromatic nitrogens is 3. The molecule has 31 heavy (non-hydrogen) atoms. The molecule has 2 N–H and O–H groups in total. The third-order valence-electron chi connectivity index (χ3n) is 4.67. The number of imidazole rings is 1. The molecule has 0 saturated heterocycles. The smallest absolute Gasteiger partial charge is 0.298 e. The van der Waals surface area contributed by atoms with Crippen molar-refractivity contribution in [1.82, 2.24) is 14.6 Å². The highest BCUT2D eigenvalue weighted by Gasteiger charge is 2.25. The molecule has 4 aromatic rings. The van der Waals surface area contributed by atoms with Crippen molar-refractivity contribution in [3.05, 3.63) is 92.0 Å². The van der Waals surface area contributed by atoms with E-state index in [2.05, 4.69) is 20.2 Å². The van der Waals surface area contributed by atoms with Crippen LogP contribution in [0.25, 0.3) is 21.7 Å². The molecule has 2 aromatic heterocycles. The van der Waals surface area contributed by atoms with E-state index in [0.29, 0.717) is 16.3 Å². The summed E-state index contributed by atoms with van der Waals surface area (Å²) >= 11 is 5.97. The van der Waals surface area contributed by atoms with Gasteiger partial charge in [-0.3, -0.25) is 14.7 Å². The topological polar surface area (TPSA) is 107 Å². The first kappa shape index (κ1) is 19.9. The molecule has 150 valence electrons. The number of fused-ring (bicyclic) bond motifs is 1. The van der Waals surface area contributed by atoms with Crippen LogP contribution in [0.15, 0.2) is 53.3 Å². The number of hydrogen-bond acceptors (Lipinski definition) is 4. The zero-order valence-electron chi connectivity index (χ0n) is 16.1. The molecule has 0 atom stereocenters. The van der Waals surface area contributed by atoms with Crippen molar-refractivity contribution in [2.45, 2.75) is 6.92 Å². The number of rotatable bonds is 3. The van der Waals surface area contributed by atoms with Crippen molar-refractivity contribution in [2.24, 2.45) is 0 Å². The predicted octanol–water partition coefficient (Wildman–Crippen LogP) is 4.33. The minimum Gasteiger partial charge on any atom is -0.359 e. The number of hydrogen-bond donors (Lipinski definition) is 2. The van der Waals surface area contributed by atoms with Crippen LogP contribution in [0.3, 0.4) is 0 Å². The van der Waals surface area contributed by atoms with Gasteiger partial charge in [0.2, 0.25) is 0 Å². The summed E-state index contributed by atoms with van der Waals surface area (Å²) in [5, 5.41) is 15.1. The molecule has 0 radical (unpaired) electrons. The first-order valence-electron chi connectivity index (χ1n) is 9.03. The van der Waals surface area contributed by atoms with Crippen LogP contribution in [-0.2, 0) is 0 Å². The summed E-state index contributed by atoms with van der Waals surface area (Å²) in [5.41, 5.74) is 0.919. The third kappa shape index (κ3) is 3.42. The van der Waals surface area contributed by atoms with E-state index >= 15 is 0 Å². The predicted molar refractivity (Wildman–Crippen MR) is 116 cm³/mol. The summed E-state index contributed by atoms with van der Waals surface area (Å²) in [4.78, 5) is 33.7. The number of H-pyrrole nitrogens is 1. The third-order valence-corrected chi connectivity index (χ3v) is 4.91. The van der Waals surface area contributed by atoms with Gasteiger partial charge in [-0.05, 0) is 30.7 Å². The monoisotopic (exact) mass is 428 g/mol. The van der Waals surface area contributed by atoms with Gasteiger partial charge in [0.1, 0.15) is 17.3 Å². The van der Waals surface area contributed by atoms with Gasteiger partial charge in [-0.2, -0.15) is 5.26 Å². The van der Waals surface area contributed by atoms with Crippen molar-refractivity contribution >= 4 is 34.7 Å². The Bertz CT molecular complexity index is 1490. The van der Waals surface area contributed by atoms with Gasteiger partial charge in [0.15, 0.2) is 0 Å². The molecular formula is C22H13ClN6O2. The van der Waals surface area contributed by atoms with Gasteiger partial charge in [-0.15, -0.1) is 0 Å². The van der Waals surface area contributed by atoms with E-state index in [1.807, 2.05) is 24.3 Å². The van der Waals surface area contributed by atoms with E-state index in [1.54, 1.807) is 19.1 Å². The van der Waals surface area contributed by atoms with E-state index in [-0.39, 0.29) is 34.0 Å². The van der Waals surface area contributed by atoms with Crippen LogP contribution in [-0.4, -0.2) is 20.5 Å². The Hall–Kier alpha value is -4.40. The lowest BCUT2D eigenvalue weighted by atomic mass is 10.1. The number of nitrogens with one attached hydrogen (secondary N) is 2. The van der Waals surface area contributed by atoms with Crippen molar-refractivity contribution < 1.29 is 4.79 Å². The van der Waals surface area contributed by atoms with Gasteiger partial charge in [0.05, 0.1) is 11.3 Å². The SMILES string of the molecule is [C-]#[N+]c1nc2c(=O)c(C(=O)Nc3cc(Cl)ccc3C#N)c(C)[nH]n2c1-c1ccccc1. The molecule has 0 aliphatic heterocycles. The standard InChI is InChI=1S/C22H13ClN6O2/c1-12-17(22(31)26-16-10-15(23)9-8-14(16)11-24)19(30)21-27-20(25-2)18(29(21)28-12)13-6-4-3-5-7-13/h3-10,28H,1H3,(H,26,31). The van der Waals surface area contributed by atoms with Crippen molar-refractivity contribution in [3.8, 4) is 17.3 Å². The average Bonchev–Trinajstić information content (AvgIpc) is 3.13. The van der Waals surface area contributed by atoms with Crippen molar-refractivity contribution in [1.29, 1.82) is 5.26 Å². The van der Waals surface area contributed by atoms with Crippen LogP contribution in [0.5, 0.6) is 0 Å². The van der Waals surface area contributed by atoms with Crippen molar-refractivity contribution in [2.75, 3.05) is 5.32 Å². The summed E-state index contributed by atoms with van der Waals surface area (Å²) in [5.74, 6) is -0.674. The molecule has 8 nitrogen and oxygen atoms in total. The fourth-order valence-electron chi connectivity index (χ4n) is 3.28. The summed E-state index contributed by atoms with van der Waals surface area (Å²) in [7, 11) is 0. The highest BCUT2D eigenvalue weighted by atomic mass is 35.5. The molecular weight excluding hydrogens is 416 g/mol. The Kier molecular flexibility index (Phi) is 5.00. The second-order valence-electron chi connectivity index (χ2n) is 6.62. The molecule has 2 aromatic carbocycles. The summed E-state index contributed by atoms with van der Waals surface area (Å²) in [6, 6.07) is 15.5. The quantitative estimate of drug-likeness (QED) is 0.473. The molecule has 0 spiro atoms. The minimum atomic E-state index is -0.714. The molecule has 9 heteroatoms. The number of amides is 1. The average molecular weight is 429 g/mol. The largest absolute Gasteiger partial charge is 0.359 e. The van der Waals surface area contributed by atoms with Crippen LogP contribution in [0.2, 0.25) is 5.02 Å². The number of anilines is 1. The number of carbonyl (C=O) groups excluding carboxylic acids is 1. The Morgan fingerprint density at radius 1 is 1.29 bits per heavy atom. The molecule has 0 fully saturated rings. The van der Waals surface area contributed by atoms with E-state index in [4.69, 9.17) is 18.2 Å². The second kappa shape index (κ2) is 7.79. The normalized spacial score (nSPS) is 10.5. The lowest BCUT2D eigenvalue weighted by Gasteiger charge is -2.10. The summed E-state index contributed by atoms with van der Waals surface area (Å²) < 4.78 is 1.41. The maximum Gasteiger partial charge on any atom is 0.298 e. The van der Waals surface area contributed by atoms with Crippen LogP contribution in [0.4, 0.5) is 11.5 Å². The fraction of sp³-hybridized carbons (Fsp3) is 0.0455. The summed E-state index contributed by atoms with van der Waals surface area (Å²) in [6.07, 6.45) is 0. The molecule has 0 bridgehead atoms. The van der Waals surface area contributed by atoms with Crippen LogP contribution in [0.1, 0.15) is 21.6 Å². The zero-order chi connectivity index (χ0) is 22.1. The van der Waals surface area contributed by atoms with Gasteiger partial charge in [-0.25, -0.2) is 4.52 Å². The Morgan fingerprint density at radius 3 is 2.71 bits per heavy atom. The number of nitriles is 1. The highest BCUT2D eigenvalue weighted by Crippen LogP contribution is 2.30. The molecule has 2 heterocycles. The van der Waals surface area contributed by atoms with Gasteiger partial charge in [-0.1, -0.05) is 53.5 Å². The van der Waals surface area contributed by atoms with Crippen molar-refractivity contribution in [3.63, 3.8) is 0 Å². The van der Waals surface area contributed by atoms with Crippen LogP contribution >= 0.6 is 11.6 Å². The number of benzene rings is 2. The van der Waals surface area contributed by atoms with Crippen LogP contribution < -0.4 is 10.7 Å². The lowest BCUT2D eigenvalue weighted by molar-refractivity contribution is 0.102. The minimum absolute atomic E-state index is 0.0399. The fourth-order valence-corrected chi connectivity index (χ4v) is 3.46. The Balaban J connectivity index is 1.87. The summed E-state index contributed by atoms with van der Waals surface area (Å²) in [6.45, 7) is 9.03. The molecule has 0 aliphatic carbocycles. The molecule has 0 aliphatic rings. The zero-order valence-corrected chi connectivity index (χ0v) is 16.9. The van der Waals surface area contributed by atoms with E-state index in [9.17, 15) is 14.9 Å². The van der Waals surface area contributed by atoms with Crippen LogP contribution in [0, 0.1) is 24.8 Å². The molecule has 0 saturated carbocycles. The maximum absolute atomic E-state index is 13.2. The van der Waals surface area contributed by atoms with E-state index in [0.717, 1.165) is 0 Å². The number of aromatic amines is 1. The number of carbonyl (C=O) groups is 1. The first-order valence-corrected chi connectivity index (χ1v) is 9.41. The molecule has 4 rings (SSSR count). The van der Waals surface area contributed by atoms with Gasteiger partial charge < -0.3 is 10.2 Å². The molecule has 1 amide bonds. The lowest BCUT2D eigenvalue weighted by Crippen LogP contribution is -2.26. The van der Waals surface area contributed by atoms with E-state index in [1.165, 1.54) is 22.7 Å². The number of aryl methyl sites for hydroxylation is 1. The number of nitrogens with zero attached hydrogens (tertiary/aromatic N) is 4. The molecule has 0 unspecified atom stereocenters. The van der Waals surface area contributed by atoms with Gasteiger partial charge in [0, 0.05) is 10.7 Å². The Labute approximate surface area is 181 Å².